The van der Waals surface area contributed by atoms with Crippen molar-refractivity contribution in [1.29, 1.82) is 0 Å². The highest BCUT2D eigenvalue weighted by Crippen LogP contribution is 2.29. The smallest absolute Gasteiger partial charge is 0.416 e. The van der Waals surface area contributed by atoms with Gasteiger partial charge < -0.3 is 9.64 Å². The summed E-state index contributed by atoms with van der Waals surface area (Å²) < 4.78 is 42.8. The fraction of sp³-hybridized carbons (Fsp3) is 0.294. The number of nitrogens with zero attached hydrogens (tertiary/aromatic N) is 1. The normalized spacial score (nSPS) is 11.3. The molecule has 2 aromatic rings. The van der Waals surface area contributed by atoms with Gasteiger partial charge >= 0.3 is 6.18 Å². The van der Waals surface area contributed by atoms with E-state index < -0.39 is 11.7 Å². The summed E-state index contributed by atoms with van der Waals surface area (Å²) in [7, 11) is 1.61. The van der Waals surface area contributed by atoms with Crippen molar-refractivity contribution in [2.45, 2.75) is 19.6 Å². The van der Waals surface area contributed by atoms with Gasteiger partial charge in [-0.1, -0.05) is 12.1 Å². The molecule has 0 saturated carbocycles. The molecule has 0 N–H and O–H groups in total. The minimum absolute atomic E-state index is 0.557. The Morgan fingerprint density at radius 1 is 0.955 bits per heavy atom. The molecule has 2 nitrogen and oxygen atoms in total. The average molecular weight is 309 g/mol. The van der Waals surface area contributed by atoms with Crippen molar-refractivity contribution in [2.24, 2.45) is 0 Å². The van der Waals surface area contributed by atoms with Crippen molar-refractivity contribution in [1.82, 2.24) is 0 Å². The Labute approximate surface area is 128 Å². The van der Waals surface area contributed by atoms with Gasteiger partial charge in [-0.25, -0.2) is 0 Å². The minimum Gasteiger partial charge on any atom is -0.497 e. The summed E-state index contributed by atoms with van der Waals surface area (Å²) in [5.74, 6) is 0.773. The lowest BCUT2D eigenvalue weighted by molar-refractivity contribution is -0.137. The monoisotopic (exact) mass is 309 g/mol. The lowest BCUT2D eigenvalue weighted by Gasteiger charge is -2.23. The Bertz CT molecular complexity index is 591. The van der Waals surface area contributed by atoms with Gasteiger partial charge in [0.15, 0.2) is 0 Å². The topological polar surface area (TPSA) is 12.5 Å². The van der Waals surface area contributed by atoms with Gasteiger partial charge in [-0.05, 0) is 48.9 Å². The predicted molar refractivity (Wildman–Crippen MR) is 81.2 cm³/mol. The SMILES string of the molecule is CCN(Cc1ccc(C(F)(F)F)cc1)c1ccc(OC)cc1. The number of hydrogen-bond donors (Lipinski definition) is 0. The Hall–Kier alpha value is -2.17. The number of halogens is 3. The van der Waals surface area contributed by atoms with E-state index in [1.165, 1.54) is 12.1 Å². The molecule has 118 valence electrons. The molecule has 5 heteroatoms. The molecule has 0 amide bonds. The van der Waals surface area contributed by atoms with E-state index in [4.69, 9.17) is 4.74 Å². The van der Waals surface area contributed by atoms with E-state index in [0.717, 1.165) is 35.7 Å². The Morgan fingerprint density at radius 2 is 1.55 bits per heavy atom. The first-order valence-electron chi connectivity index (χ1n) is 6.99. The van der Waals surface area contributed by atoms with Crippen LogP contribution in [-0.2, 0) is 12.7 Å². The van der Waals surface area contributed by atoms with Crippen molar-refractivity contribution in [3.63, 3.8) is 0 Å². The molecule has 0 fully saturated rings. The quantitative estimate of drug-likeness (QED) is 0.791. The summed E-state index contributed by atoms with van der Waals surface area (Å²) in [5.41, 5.74) is 1.22. The van der Waals surface area contributed by atoms with Gasteiger partial charge in [0.05, 0.1) is 12.7 Å². The molecule has 0 bridgehead atoms. The van der Waals surface area contributed by atoms with Crippen LogP contribution in [0.3, 0.4) is 0 Å². The number of alkyl halides is 3. The highest BCUT2D eigenvalue weighted by atomic mass is 19.4. The van der Waals surface area contributed by atoms with Crippen LogP contribution in [0.5, 0.6) is 5.75 Å². The summed E-state index contributed by atoms with van der Waals surface area (Å²) in [5, 5.41) is 0. The van der Waals surface area contributed by atoms with Crippen molar-refractivity contribution in [3.8, 4) is 5.75 Å². The molecule has 0 heterocycles. The van der Waals surface area contributed by atoms with Gasteiger partial charge in [0.1, 0.15) is 5.75 Å². The fourth-order valence-corrected chi connectivity index (χ4v) is 2.20. The zero-order chi connectivity index (χ0) is 16.2. The molecule has 0 aliphatic carbocycles. The zero-order valence-corrected chi connectivity index (χ0v) is 12.5. The minimum atomic E-state index is -4.29. The average Bonchev–Trinajstić information content (AvgIpc) is 2.52. The molecule has 0 saturated heterocycles. The number of ether oxygens (including phenoxy) is 1. The standard InChI is InChI=1S/C17H18F3NO/c1-3-21(15-8-10-16(22-2)11-9-15)12-13-4-6-14(7-5-13)17(18,19)20/h4-11H,3,12H2,1-2H3. The third kappa shape index (κ3) is 3.93. The third-order valence-electron chi connectivity index (χ3n) is 3.47. The molecule has 0 aliphatic rings. The van der Waals surface area contributed by atoms with E-state index in [1.54, 1.807) is 7.11 Å². The van der Waals surface area contributed by atoms with Crippen molar-refractivity contribution in [3.05, 3.63) is 59.7 Å². The van der Waals surface area contributed by atoms with Crippen LogP contribution in [0, 0.1) is 0 Å². The maximum Gasteiger partial charge on any atom is 0.416 e. The zero-order valence-electron chi connectivity index (χ0n) is 12.5. The van der Waals surface area contributed by atoms with Crippen LogP contribution in [0.25, 0.3) is 0 Å². The van der Waals surface area contributed by atoms with E-state index in [9.17, 15) is 13.2 Å². The Morgan fingerprint density at radius 3 is 2.00 bits per heavy atom. The number of rotatable bonds is 5. The van der Waals surface area contributed by atoms with Gasteiger partial charge in [-0.15, -0.1) is 0 Å². The van der Waals surface area contributed by atoms with Crippen LogP contribution in [0.15, 0.2) is 48.5 Å². The molecule has 0 aromatic heterocycles. The molecule has 0 spiro atoms. The second-order valence-electron chi connectivity index (χ2n) is 4.91. The van der Waals surface area contributed by atoms with Gasteiger partial charge in [0.2, 0.25) is 0 Å². The molecule has 0 atom stereocenters. The van der Waals surface area contributed by atoms with Crippen LogP contribution in [-0.4, -0.2) is 13.7 Å². The summed E-state index contributed by atoms with van der Waals surface area (Å²) in [6.45, 7) is 3.32. The Balaban J connectivity index is 2.12. The molecule has 0 unspecified atom stereocenters. The van der Waals surface area contributed by atoms with Crippen LogP contribution < -0.4 is 9.64 Å². The first kappa shape index (κ1) is 16.2. The summed E-state index contributed by atoms with van der Waals surface area (Å²) in [6.07, 6.45) is -4.29. The van der Waals surface area contributed by atoms with Gasteiger partial charge in [0.25, 0.3) is 0 Å². The molecule has 0 radical (unpaired) electrons. The largest absolute Gasteiger partial charge is 0.497 e. The van der Waals surface area contributed by atoms with Gasteiger partial charge in [-0.2, -0.15) is 13.2 Å². The van der Waals surface area contributed by atoms with Crippen molar-refractivity contribution in [2.75, 3.05) is 18.6 Å². The first-order valence-corrected chi connectivity index (χ1v) is 6.99. The third-order valence-corrected chi connectivity index (χ3v) is 3.47. The molecule has 0 aliphatic heterocycles. The predicted octanol–water partition coefficient (Wildman–Crippen LogP) is 4.74. The fourth-order valence-electron chi connectivity index (χ4n) is 2.20. The second-order valence-corrected chi connectivity index (χ2v) is 4.91. The molecular weight excluding hydrogens is 291 g/mol. The Kier molecular flexibility index (Phi) is 4.96. The van der Waals surface area contributed by atoms with Crippen LogP contribution >= 0.6 is 0 Å². The van der Waals surface area contributed by atoms with Crippen LogP contribution in [0.4, 0.5) is 18.9 Å². The first-order chi connectivity index (χ1) is 10.4. The maximum atomic E-state index is 12.6. The van der Waals surface area contributed by atoms with E-state index >= 15 is 0 Å². The lowest BCUT2D eigenvalue weighted by atomic mass is 10.1. The maximum absolute atomic E-state index is 12.6. The molecule has 2 rings (SSSR count). The van der Waals surface area contributed by atoms with E-state index in [1.807, 2.05) is 31.2 Å². The van der Waals surface area contributed by atoms with Gasteiger partial charge in [0, 0.05) is 18.8 Å². The molecular formula is C17H18F3NO. The van der Waals surface area contributed by atoms with Crippen LogP contribution in [0.1, 0.15) is 18.1 Å². The van der Waals surface area contributed by atoms with Crippen LogP contribution in [0.2, 0.25) is 0 Å². The van der Waals surface area contributed by atoms with Crippen molar-refractivity contribution < 1.29 is 17.9 Å². The van der Waals surface area contributed by atoms with E-state index in [0.29, 0.717) is 6.54 Å². The van der Waals surface area contributed by atoms with Gasteiger partial charge in [-0.3, -0.25) is 0 Å². The summed E-state index contributed by atoms with van der Waals surface area (Å²) >= 11 is 0. The van der Waals surface area contributed by atoms with E-state index in [-0.39, 0.29) is 0 Å². The summed E-state index contributed by atoms with van der Waals surface area (Å²) in [4.78, 5) is 2.09. The van der Waals surface area contributed by atoms with Crippen molar-refractivity contribution >= 4 is 5.69 Å². The highest BCUT2D eigenvalue weighted by Gasteiger charge is 2.29. The number of benzene rings is 2. The number of methoxy groups -OCH3 is 1. The molecule has 2 aromatic carbocycles. The number of anilines is 1. The molecule has 22 heavy (non-hydrogen) atoms. The highest BCUT2D eigenvalue weighted by molar-refractivity contribution is 5.49. The number of hydrogen-bond acceptors (Lipinski definition) is 2. The lowest BCUT2D eigenvalue weighted by Crippen LogP contribution is -2.21. The summed E-state index contributed by atoms with van der Waals surface area (Å²) in [6, 6.07) is 12.9. The van der Waals surface area contributed by atoms with E-state index in [2.05, 4.69) is 4.90 Å². The second kappa shape index (κ2) is 6.73.